The molecule has 5 saturated heterocycles. The monoisotopic (exact) mass is 2060 g/mol. The summed E-state index contributed by atoms with van der Waals surface area (Å²) in [6.45, 7) is 18.0. The molecular weight excluding hydrogens is 1970 g/mol. The van der Waals surface area contributed by atoms with Crippen LogP contribution in [0, 0.1) is 0 Å². The van der Waals surface area contributed by atoms with Crippen LogP contribution in [0.3, 0.4) is 0 Å². The molecule has 0 spiro atoms. The van der Waals surface area contributed by atoms with E-state index in [-0.39, 0.29) is 29.5 Å². The van der Waals surface area contributed by atoms with Gasteiger partial charge in [0.05, 0.1) is 122 Å². The first-order valence-corrected chi connectivity index (χ1v) is 52.3. The third kappa shape index (κ3) is 22.8. The molecule has 20 heterocycles. The summed E-state index contributed by atoms with van der Waals surface area (Å²) in [6, 6.07) is 45.4. The Morgan fingerprint density at radius 2 is 0.648 bits per heavy atom. The maximum Gasteiger partial charge on any atom is 0.286 e. The zero-order valence-corrected chi connectivity index (χ0v) is 82.9. The largest absolute Gasteiger partial charge is 0.464 e. The standard InChI is InChI=1S/C20H19N7OS.C20H18N6O2S.C20H18N6OS2.C19H18N8OS.C19H17N7OS2/c28-18(24-16-12-22-5-4-17(16)27-9-7-21-8-10-27)20-26-25-19(29-20)14-1-2-15-13(11-14)3-6-23-15;2*27-18(23-15-12-22-5-3-16(15)26-8-6-21-7-9-26)20-25-24-19(29-20)14-1-2-17-13(11-14)4-10-28-17;28-17(23-15-11-21-4-3-16(15)27-7-5-20-6-8-27)19-26-25-18(29-19)12-1-2-14-13(9-12)10-22-24-14;27-17(23-14-10-21-4-3-15(14)26-7-5-20-6-8-26)19-25-24-18(29-19)12-1-2-16-13(9-12)22-11-28-16/h1-6,11-12,21,23H,7-10H2,(H,24,28);2*1-5,10-12,21H,6-9H2,(H,23,27);1-4,9-11,20H,5-8H2,(H,22,24)(H,23,28);1-4,9-11,20H,5-8H2,(H,23,27). The van der Waals surface area contributed by atoms with Crippen molar-refractivity contribution in [1.29, 1.82) is 0 Å². The Balaban J connectivity index is 0.000000107. The van der Waals surface area contributed by atoms with Crippen LogP contribution < -0.4 is 77.7 Å². The Morgan fingerprint density at radius 3 is 1.04 bits per heavy atom. The number of amides is 5. The molecule has 0 aliphatic carbocycles. The van der Waals surface area contributed by atoms with Crippen molar-refractivity contribution in [3.8, 4) is 52.9 Å². The number of piperazine rings is 5. The quantitative estimate of drug-likeness (QED) is 0.0337. The molecule has 20 aromatic rings. The van der Waals surface area contributed by atoms with Crippen molar-refractivity contribution in [3.05, 3.63) is 256 Å². The summed E-state index contributed by atoms with van der Waals surface area (Å²) in [5, 5.41) is 91.3. The van der Waals surface area contributed by atoms with Crippen molar-refractivity contribution in [2.45, 2.75) is 0 Å². The highest BCUT2D eigenvalue weighted by molar-refractivity contribution is 7.19. The van der Waals surface area contributed by atoms with Gasteiger partial charge in [-0.15, -0.1) is 73.7 Å². The van der Waals surface area contributed by atoms with Crippen LogP contribution in [-0.2, 0) is 0 Å². The summed E-state index contributed by atoms with van der Waals surface area (Å²) in [6.07, 6.45) is 22.4. The summed E-state index contributed by atoms with van der Waals surface area (Å²) in [5.74, 6) is -1.41. The maximum absolute atomic E-state index is 12.8. The third-order valence-corrected chi connectivity index (χ3v) is 30.6. The lowest BCUT2D eigenvalue weighted by molar-refractivity contribution is 0.101. The Kier molecular flexibility index (Phi) is 29.7. The minimum atomic E-state index is -0.289. The summed E-state index contributed by atoms with van der Waals surface area (Å²) in [5.41, 5.74) is 18.4. The van der Waals surface area contributed by atoms with Crippen LogP contribution in [0.15, 0.2) is 235 Å². The Labute approximate surface area is 854 Å². The Morgan fingerprint density at radius 1 is 0.310 bits per heavy atom. The summed E-state index contributed by atoms with van der Waals surface area (Å²) in [7, 11) is 0. The van der Waals surface area contributed by atoms with Gasteiger partial charge in [0.15, 0.2) is 0 Å². The highest BCUT2D eigenvalue weighted by Gasteiger charge is 2.28. The number of benzene rings is 5. The molecule has 0 radical (unpaired) electrons. The van der Waals surface area contributed by atoms with Crippen LogP contribution in [-0.4, -0.2) is 257 Å². The second-order valence-electron chi connectivity index (χ2n) is 33.3. The van der Waals surface area contributed by atoms with E-state index in [1.807, 2.05) is 133 Å². The van der Waals surface area contributed by atoms with Crippen molar-refractivity contribution >= 4 is 219 Å². The summed E-state index contributed by atoms with van der Waals surface area (Å²) < 4.78 is 7.72. The lowest BCUT2D eigenvalue weighted by Gasteiger charge is -2.30. The Hall–Kier alpha value is -15.8. The predicted molar refractivity (Wildman–Crippen MR) is 573 cm³/mol. The smallest absolute Gasteiger partial charge is 0.286 e. The van der Waals surface area contributed by atoms with E-state index < -0.39 is 0 Å². The van der Waals surface area contributed by atoms with E-state index in [2.05, 4.69) is 197 Å². The number of pyridine rings is 5. The molecule has 5 aliphatic rings. The lowest BCUT2D eigenvalue weighted by atomic mass is 10.2. The molecule has 5 aromatic carbocycles. The molecule has 0 bridgehead atoms. The fourth-order valence-electron chi connectivity index (χ4n) is 16.8. The summed E-state index contributed by atoms with van der Waals surface area (Å²) >= 11 is 9.64. The van der Waals surface area contributed by atoms with Crippen molar-refractivity contribution < 1.29 is 28.4 Å². The maximum atomic E-state index is 12.8. The zero-order valence-electron chi connectivity index (χ0n) is 77.2. The van der Waals surface area contributed by atoms with E-state index in [9.17, 15) is 24.0 Å². The Bertz CT molecular complexity index is 6890. The average Bonchev–Trinajstić information content (AvgIpc) is 1.60. The number of H-pyrrole nitrogens is 2. The molecule has 47 heteroatoms. The highest BCUT2D eigenvalue weighted by Crippen LogP contribution is 2.38. The van der Waals surface area contributed by atoms with E-state index in [0.717, 1.165) is 235 Å². The van der Waals surface area contributed by atoms with Gasteiger partial charge in [-0.2, -0.15) is 5.10 Å². The average molecular weight is 2060 g/mol. The number of carbonyl (C=O) groups excluding carboxylic acids is 5. The number of thiazole rings is 1. The van der Waals surface area contributed by atoms with Crippen molar-refractivity contribution in [2.75, 3.05) is 182 Å². The van der Waals surface area contributed by atoms with Crippen LogP contribution in [0.25, 0.3) is 106 Å². The molecule has 0 unspecified atom stereocenters. The number of anilines is 10. The molecule has 25 rings (SSSR count). The van der Waals surface area contributed by atoms with Crippen molar-refractivity contribution in [3.63, 3.8) is 0 Å². The van der Waals surface area contributed by atoms with Gasteiger partial charge in [0.1, 0.15) is 30.6 Å². The zero-order chi connectivity index (χ0) is 98.2. The van der Waals surface area contributed by atoms with Gasteiger partial charge < -0.3 is 87.1 Å². The number of furan rings is 1. The first kappa shape index (κ1) is 95.4. The highest BCUT2D eigenvalue weighted by atomic mass is 32.1. The number of aromatic amines is 2. The topological polar surface area (TPSA) is 486 Å². The predicted octanol–water partition coefficient (Wildman–Crippen LogP) is 14.2. The normalized spacial score (nSPS) is 14.3. The van der Waals surface area contributed by atoms with Gasteiger partial charge in [0, 0.05) is 222 Å². The van der Waals surface area contributed by atoms with E-state index in [1.54, 1.807) is 97.1 Å². The molecule has 40 nitrogen and oxygen atoms in total. The lowest BCUT2D eigenvalue weighted by Crippen LogP contribution is -2.43. The molecule has 12 N–H and O–H groups in total. The number of nitrogens with zero attached hydrogens (tertiary/aromatic N) is 22. The van der Waals surface area contributed by atoms with Crippen LogP contribution in [0.2, 0.25) is 0 Å². The van der Waals surface area contributed by atoms with Crippen molar-refractivity contribution in [1.82, 2.24) is 123 Å². The van der Waals surface area contributed by atoms with Crippen LogP contribution >= 0.6 is 79.4 Å². The van der Waals surface area contributed by atoms with E-state index in [1.165, 1.54) is 66.8 Å². The van der Waals surface area contributed by atoms with E-state index in [0.29, 0.717) is 73.5 Å². The minimum Gasteiger partial charge on any atom is -0.464 e. The second-order valence-corrected chi connectivity index (χ2v) is 40.0. The number of rotatable bonds is 20. The molecule has 5 amide bonds. The minimum absolute atomic E-state index is 0.269. The molecule has 730 valence electrons. The SMILES string of the molecule is O=C(Nc1cnccc1N1CCNCC1)c1nnc(-c2ccc3[nH]ccc3c2)s1.O=C(Nc1cnccc1N1CCNCC1)c1nnc(-c2ccc3[nH]ncc3c2)s1.O=C(Nc1cnccc1N1CCNCC1)c1nnc(-c2ccc3occc3c2)s1.O=C(Nc1cnccc1N1CCNCC1)c1nnc(-c2ccc3sccc3c2)s1.O=C(Nc1cnccc1N1CCNCC1)c1nnc(-c2ccc3scnc3c2)s1. The fraction of sp³-hybridized carbons (Fsp3) is 0.204. The van der Waals surface area contributed by atoms with Gasteiger partial charge in [0.25, 0.3) is 29.5 Å². The number of hydrogen-bond donors (Lipinski definition) is 12. The van der Waals surface area contributed by atoms with Crippen molar-refractivity contribution in [2.24, 2.45) is 0 Å². The van der Waals surface area contributed by atoms with Gasteiger partial charge >= 0.3 is 0 Å². The number of nitrogens with one attached hydrogen (secondary N) is 12. The second kappa shape index (κ2) is 45.2. The van der Waals surface area contributed by atoms with E-state index >= 15 is 0 Å². The van der Waals surface area contributed by atoms with Gasteiger partial charge in [0.2, 0.25) is 25.0 Å². The first-order valence-electron chi connectivity index (χ1n) is 46.4. The molecule has 15 aromatic heterocycles. The third-order valence-electron chi connectivity index (χ3n) is 24.1. The number of fused-ring (bicyclic) bond motifs is 5. The van der Waals surface area contributed by atoms with Crippen LogP contribution in [0.5, 0.6) is 0 Å². The van der Waals surface area contributed by atoms with Crippen LogP contribution in [0.1, 0.15) is 49.0 Å². The van der Waals surface area contributed by atoms with Gasteiger partial charge in [-0.25, -0.2) is 4.98 Å². The molecule has 5 aliphatic heterocycles. The number of hydrogen-bond acceptors (Lipinski definition) is 40. The number of thiophene rings is 1. The first-order chi connectivity index (χ1) is 71.4. The van der Waals surface area contributed by atoms with Crippen LogP contribution in [0.4, 0.5) is 56.9 Å². The molecule has 5 fully saturated rings. The molecule has 145 heavy (non-hydrogen) atoms. The fourth-order valence-corrected chi connectivity index (χ4v) is 21.9. The van der Waals surface area contributed by atoms with Gasteiger partial charge in [-0.3, -0.25) is 54.0 Å². The van der Waals surface area contributed by atoms with E-state index in [4.69, 9.17) is 4.42 Å². The van der Waals surface area contributed by atoms with Gasteiger partial charge in [-0.1, -0.05) is 68.8 Å². The number of aromatic nitrogens is 19. The molecular formula is C98H90N34O6S7. The van der Waals surface area contributed by atoms with Gasteiger partial charge in [-0.05, 0) is 138 Å². The molecule has 0 saturated carbocycles. The number of carbonyl (C=O) groups is 5. The molecule has 0 atom stereocenters. The summed E-state index contributed by atoms with van der Waals surface area (Å²) in [4.78, 5) is 104.